The van der Waals surface area contributed by atoms with Crippen LogP contribution in [0, 0.1) is 5.41 Å². The summed E-state index contributed by atoms with van der Waals surface area (Å²) < 4.78 is 25.8. The second kappa shape index (κ2) is 8.03. The summed E-state index contributed by atoms with van der Waals surface area (Å²) >= 11 is 5.90. The zero-order valence-electron chi connectivity index (χ0n) is 13.3. The summed E-state index contributed by atoms with van der Waals surface area (Å²) in [6.45, 7) is 3.24. The van der Waals surface area contributed by atoms with E-state index >= 15 is 0 Å². The van der Waals surface area contributed by atoms with E-state index in [1.165, 1.54) is 0 Å². The average molecular weight is 471 g/mol. The lowest BCUT2D eigenvalue weighted by atomic mass is 10.1. The SMILES string of the molecule is I.NC(=NCC1(C(F)F)CC1)N1CCN(c2ccc(Cl)cc2)CC1. The summed E-state index contributed by atoms with van der Waals surface area (Å²) in [7, 11) is 0. The van der Waals surface area contributed by atoms with Gasteiger partial charge in [-0.3, -0.25) is 4.99 Å². The van der Waals surface area contributed by atoms with Crippen LogP contribution in [0.1, 0.15) is 12.8 Å². The number of anilines is 1. The highest BCUT2D eigenvalue weighted by Crippen LogP contribution is 2.50. The molecular weight excluding hydrogens is 449 g/mol. The minimum Gasteiger partial charge on any atom is -0.370 e. The van der Waals surface area contributed by atoms with E-state index in [9.17, 15) is 8.78 Å². The highest BCUT2D eigenvalue weighted by atomic mass is 127. The number of aliphatic imine (C=N–C) groups is 1. The van der Waals surface area contributed by atoms with Crippen molar-refractivity contribution in [1.82, 2.24) is 4.90 Å². The fourth-order valence-electron chi connectivity index (χ4n) is 2.79. The lowest BCUT2D eigenvalue weighted by Crippen LogP contribution is -2.51. The largest absolute Gasteiger partial charge is 0.370 e. The predicted molar refractivity (Wildman–Crippen MR) is 105 cm³/mol. The van der Waals surface area contributed by atoms with E-state index < -0.39 is 11.8 Å². The Labute approximate surface area is 163 Å². The van der Waals surface area contributed by atoms with Gasteiger partial charge < -0.3 is 15.5 Å². The van der Waals surface area contributed by atoms with Crippen molar-refractivity contribution in [3.05, 3.63) is 29.3 Å². The molecule has 0 aromatic heterocycles. The molecule has 3 rings (SSSR count). The van der Waals surface area contributed by atoms with Gasteiger partial charge in [-0.25, -0.2) is 8.78 Å². The topological polar surface area (TPSA) is 44.9 Å². The van der Waals surface area contributed by atoms with Gasteiger partial charge in [-0.05, 0) is 37.1 Å². The van der Waals surface area contributed by atoms with Gasteiger partial charge in [0.25, 0.3) is 0 Å². The molecule has 4 nitrogen and oxygen atoms in total. The lowest BCUT2D eigenvalue weighted by Gasteiger charge is -2.36. The van der Waals surface area contributed by atoms with E-state index in [1.807, 2.05) is 29.2 Å². The third kappa shape index (κ3) is 4.41. The van der Waals surface area contributed by atoms with Gasteiger partial charge in [-0.1, -0.05) is 11.6 Å². The van der Waals surface area contributed by atoms with E-state index in [0.29, 0.717) is 18.8 Å². The van der Waals surface area contributed by atoms with Crippen molar-refractivity contribution < 1.29 is 8.78 Å². The number of guanidine groups is 1. The number of alkyl halides is 2. The van der Waals surface area contributed by atoms with Crippen LogP contribution in [0.5, 0.6) is 0 Å². The second-order valence-corrected chi connectivity index (χ2v) is 6.72. The van der Waals surface area contributed by atoms with Crippen LogP contribution in [0.4, 0.5) is 14.5 Å². The van der Waals surface area contributed by atoms with Crippen LogP contribution < -0.4 is 10.6 Å². The fraction of sp³-hybridized carbons (Fsp3) is 0.562. The zero-order valence-corrected chi connectivity index (χ0v) is 16.4. The molecule has 1 aromatic rings. The maximum atomic E-state index is 12.9. The molecule has 8 heteroatoms. The summed E-state index contributed by atoms with van der Waals surface area (Å²) in [6.07, 6.45) is -1.21. The third-order valence-corrected chi connectivity index (χ3v) is 4.96. The Hall–Kier alpha value is -0.830. The van der Waals surface area contributed by atoms with Crippen molar-refractivity contribution in [2.75, 3.05) is 37.6 Å². The number of nitrogens with two attached hydrogens (primary N) is 1. The molecule has 1 saturated heterocycles. The van der Waals surface area contributed by atoms with Crippen LogP contribution in [0.25, 0.3) is 0 Å². The van der Waals surface area contributed by atoms with Gasteiger partial charge in [0.15, 0.2) is 5.96 Å². The molecule has 0 atom stereocenters. The molecule has 24 heavy (non-hydrogen) atoms. The molecule has 0 unspecified atom stereocenters. The molecule has 1 saturated carbocycles. The Morgan fingerprint density at radius 3 is 2.25 bits per heavy atom. The maximum absolute atomic E-state index is 12.9. The van der Waals surface area contributed by atoms with Crippen molar-refractivity contribution in [3.63, 3.8) is 0 Å². The van der Waals surface area contributed by atoms with Crippen LogP contribution in [-0.2, 0) is 0 Å². The van der Waals surface area contributed by atoms with Gasteiger partial charge in [-0.15, -0.1) is 24.0 Å². The molecule has 2 N–H and O–H groups in total. The molecule has 1 aliphatic heterocycles. The molecule has 0 spiro atoms. The Morgan fingerprint density at radius 1 is 1.17 bits per heavy atom. The van der Waals surface area contributed by atoms with Crippen molar-refractivity contribution in [2.45, 2.75) is 19.3 Å². The maximum Gasteiger partial charge on any atom is 0.245 e. The van der Waals surface area contributed by atoms with E-state index in [-0.39, 0.29) is 30.5 Å². The van der Waals surface area contributed by atoms with E-state index in [1.54, 1.807) is 0 Å². The highest BCUT2D eigenvalue weighted by Gasteiger charge is 2.51. The van der Waals surface area contributed by atoms with Crippen molar-refractivity contribution in [1.29, 1.82) is 0 Å². The molecular formula is C16H22ClF2IN4. The number of benzene rings is 1. The molecule has 1 aromatic carbocycles. The minimum absolute atomic E-state index is 0. The first kappa shape index (κ1) is 19.5. The van der Waals surface area contributed by atoms with Gasteiger partial charge in [0.05, 0.1) is 12.0 Å². The van der Waals surface area contributed by atoms with E-state index in [0.717, 1.165) is 36.9 Å². The Balaban J connectivity index is 0.00000208. The number of halogens is 4. The summed E-state index contributed by atoms with van der Waals surface area (Å²) in [4.78, 5) is 8.43. The Morgan fingerprint density at radius 2 is 1.75 bits per heavy atom. The van der Waals surface area contributed by atoms with Crippen molar-refractivity contribution >= 4 is 47.2 Å². The first-order valence-corrected chi connectivity index (χ1v) is 8.21. The number of nitrogens with zero attached hydrogens (tertiary/aromatic N) is 3. The number of piperazine rings is 1. The summed E-state index contributed by atoms with van der Waals surface area (Å²) in [5, 5.41) is 0.719. The molecule has 1 heterocycles. The predicted octanol–water partition coefficient (Wildman–Crippen LogP) is 3.44. The number of rotatable bonds is 4. The zero-order chi connectivity index (χ0) is 16.4. The van der Waals surface area contributed by atoms with E-state index in [2.05, 4.69) is 9.89 Å². The monoisotopic (exact) mass is 470 g/mol. The molecule has 0 bridgehead atoms. The smallest absolute Gasteiger partial charge is 0.245 e. The van der Waals surface area contributed by atoms with Crippen LogP contribution in [0.15, 0.2) is 29.3 Å². The minimum atomic E-state index is -2.30. The molecule has 0 amide bonds. The molecule has 0 radical (unpaired) electrons. The van der Waals surface area contributed by atoms with Gasteiger partial charge in [0.2, 0.25) is 6.43 Å². The average Bonchev–Trinajstić information content (AvgIpc) is 3.35. The standard InChI is InChI=1S/C16H21ClF2N4.HI/c17-12-1-3-13(4-2-12)22-7-9-23(10-8-22)15(20)21-11-16(5-6-16)14(18)19;/h1-4,14H,5-11H2,(H2,20,21);1H. The van der Waals surface area contributed by atoms with Crippen molar-refractivity contribution in [3.8, 4) is 0 Å². The van der Waals surface area contributed by atoms with Gasteiger partial charge >= 0.3 is 0 Å². The van der Waals surface area contributed by atoms with Crippen LogP contribution in [-0.4, -0.2) is 50.0 Å². The normalized spacial score (nSPS) is 20.1. The third-order valence-electron chi connectivity index (χ3n) is 4.71. The number of hydrogen-bond donors (Lipinski definition) is 1. The molecule has 1 aliphatic carbocycles. The van der Waals surface area contributed by atoms with Crippen molar-refractivity contribution in [2.24, 2.45) is 16.1 Å². The van der Waals surface area contributed by atoms with Crippen LogP contribution >= 0.6 is 35.6 Å². The van der Waals surface area contributed by atoms with Crippen LogP contribution in [0.3, 0.4) is 0 Å². The molecule has 134 valence electrons. The quantitative estimate of drug-likeness (QED) is 0.417. The van der Waals surface area contributed by atoms with Crippen LogP contribution in [0.2, 0.25) is 5.02 Å². The highest BCUT2D eigenvalue weighted by molar-refractivity contribution is 14.0. The summed E-state index contributed by atoms with van der Waals surface area (Å²) in [5.41, 5.74) is 6.20. The summed E-state index contributed by atoms with van der Waals surface area (Å²) in [5.74, 6) is 0.382. The number of hydrogen-bond acceptors (Lipinski definition) is 2. The molecule has 2 fully saturated rings. The van der Waals surface area contributed by atoms with E-state index in [4.69, 9.17) is 17.3 Å². The lowest BCUT2D eigenvalue weighted by molar-refractivity contribution is 0.0665. The van der Waals surface area contributed by atoms with Gasteiger partial charge in [0, 0.05) is 36.9 Å². The van der Waals surface area contributed by atoms with Gasteiger partial charge in [0.1, 0.15) is 0 Å². The second-order valence-electron chi connectivity index (χ2n) is 6.29. The first-order valence-electron chi connectivity index (χ1n) is 7.84. The molecule has 2 aliphatic rings. The Bertz CT molecular complexity index is 570. The van der Waals surface area contributed by atoms with Gasteiger partial charge in [-0.2, -0.15) is 0 Å². The first-order chi connectivity index (χ1) is 11.0. The fourth-order valence-corrected chi connectivity index (χ4v) is 2.92. The Kier molecular flexibility index (Phi) is 6.52. The summed E-state index contributed by atoms with van der Waals surface area (Å²) in [6, 6.07) is 7.74.